The van der Waals surface area contributed by atoms with Crippen molar-refractivity contribution in [1.82, 2.24) is 5.32 Å². The van der Waals surface area contributed by atoms with Crippen molar-refractivity contribution in [3.8, 4) is 0 Å². The van der Waals surface area contributed by atoms with Crippen LogP contribution in [0, 0.1) is 5.41 Å². The van der Waals surface area contributed by atoms with E-state index in [9.17, 15) is 13.2 Å². The Labute approximate surface area is 118 Å². The Morgan fingerprint density at radius 1 is 1.20 bits per heavy atom. The van der Waals surface area contributed by atoms with E-state index < -0.39 is 11.7 Å². The summed E-state index contributed by atoms with van der Waals surface area (Å²) in [6.45, 7) is 5.06. The highest BCUT2D eigenvalue weighted by Crippen LogP contribution is 2.35. The van der Waals surface area contributed by atoms with Gasteiger partial charge in [-0.1, -0.05) is 32.0 Å². The fraction of sp³-hybridized carbons (Fsp3) is 0.625. The maximum atomic E-state index is 12.6. The Kier molecular flexibility index (Phi) is 4.43. The first-order valence-corrected chi connectivity index (χ1v) is 7.16. The number of halogens is 3. The highest BCUT2D eigenvalue weighted by Gasteiger charge is 2.30. The van der Waals surface area contributed by atoms with Crippen molar-refractivity contribution in [3.63, 3.8) is 0 Å². The fourth-order valence-electron chi connectivity index (χ4n) is 2.72. The van der Waals surface area contributed by atoms with Gasteiger partial charge in [-0.2, -0.15) is 13.2 Å². The van der Waals surface area contributed by atoms with Crippen molar-refractivity contribution in [1.29, 1.82) is 0 Å². The smallest absolute Gasteiger partial charge is 0.310 e. The zero-order valence-electron chi connectivity index (χ0n) is 12.1. The van der Waals surface area contributed by atoms with Crippen LogP contribution in [0.1, 0.15) is 50.7 Å². The summed E-state index contributed by atoms with van der Waals surface area (Å²) in [5.41, 5.74) is 0.542. The Hall–Kier alpha value is -1.03. The molecule has 1 saturated carbocycles. The summed E-state index contributed by atoms with van der Waals surface area (Å²) in [6.07, 6.45) is 0.295. The van der Waals surface area contributed by atoms with Gasteiger partial charge in [-0.15, -0.1) is 0 Å². The highest BCUT2D eigenvalue weighted by atomic mass is 19.4. The van der Waals surface area contributed by atoms with Crippen LogP contribution in [0.3, 0.4) is 0 Å². The molecule has 0 saturated heterocycles. The number of alkyl halides is 3. The summed E-state index contributed by atoms with van der Waals surface area (Å²) < 4.78 is 37.9. The molecule has 0 heterocycles. The molecule has 20 heavy (non-hydrogen) atoms. The minimum atomic E-state index is -4.26. The fourth-order valence-corrected chi connectivity index (χ4v) is 2.72. The van der Waals surface area contributed by atoms with Gasteiger partial charge in [0.1, 0.15) is 0 Å². The van der Waals surface area contributed by atoms with Crippen LogP contribution in [0.25, 0.3) is 0 Å². The number of nitrogens with one attached hydrogen (secondary N) is 1. The van der Waals surface area contributed by atoms with Crippen molar-refractivity contribution in [3.05, 3.63) is 35.4 Å². The van der Waals surface area contributed by atoms with Crippen LogP contribution in [0.4, 0.5) is 13.2 Å². The lowest BCUT2D eigenvalue weighted by Gasteiger charge is -2.34. The molecule has 112 valence electrons. The minimum Gasteiger partial charge on any atom is -0.310 e. The average molecular weight is 285 g/mol. The molecule has 1 aliphatic carbocycles. The molecule has 0 spiro atoms. The summed E-state index contributed by atoms with van der Waals surface area (Å²) in [4.78, 5) is 0. The highest BCUT2D eigenvalue weighted by molar-refractivity contribution is 5.25. The van der Waals surface area contributed by atoms with E-state index in [-0.39, 0.29) is 0 Å². The zero-order valence-corrected chi connectivity index (χ0v) is 12.1. The SMILES string of the molecule is CC1(C)CCC(NCc2cccc(C(F)(F)F)c2)CC1. The Morgan fingerprint density at radius 3 is 2.45 bits per heavy atom. The van der Waals surface area contributed by atoms with Gasteiger partial charge in [0.2, 0.25) is 0 Å². The Morgan fingerprint density at radius 2 is 1.85 bits per heavy atom. The molecular weight excluding hydrogens is 263 g/mol. The third kappa shape index (κ3) is 4.23. The normalized spacial score (nSPS) is 20.1. The second-order valence-corrected chi connectivity index (χ2v) is 6.52. The maximum Gasteiger partial charge on any atom is 0.416 e. The third-order valence-corrected chi connectivity index (χ3v) is 4.19. The summed E-state index contributed by atoms with van der Waals surface area (Å²) >= 11 is 0. The summed E-state index contributed by atoms with van der Waals surface area (Å²) in [5.74, 6) is 0. The Balaban J connectivity index is 1.89. The van der Waals surface area contributed by atoms with Crippen LogP contribution in [0.2, 0.25) is 0 Å². The van der Waals surface area contributed by atoms with E-state index in [0.717, 1.165) is 18.9 Å². The number of rotatable bonds is 3. The van der Waals surface area contributed by atoms with Gasteiger partial charge in [0, 0.05) is 12.6 Å². The standard InChI is InChI=1S/C16H22F3N/c1-15(2)8-6-14(7-9-15)20-11-12-4-3-5-13(10-12)16(17,18)19/h3-5,10,14,20H,6-9,11H2,1-2H3. The number of hydrogen-bond acceptors (Lipinski definition) is 1. The lowest BCUT2D eigenvalue weighted by Crippen LogP contribution is -2.35. The van der Waals surface area contributed by atoms with Crippen molar-refractivity contribution >= 4 is 0 Å². The van der Waals surface area contributed by atoms with Crippen LogP contribution < -0.4 is 5.32 Å². The van der Waals surface area contributed by atoms with Crippen LogP contribution in [0.5, 0.6) is 0 Å². The molecule has 2 rings (SSSR count). The zero-order chi connectivity index (χ0) is 14.8. The molecule has 1 N–H and O–H groups in total. The predicted molar refractivity (Wildman–Crippen MR) is 74.3 cm³/mol. The number of benzene rings is 1. The quantitative estimate of drug-likeness (QED) is 0.844. The molecule has 1 aromatic carbocycles. The molecule has 0 amide bonds. The molecular formula is C16H22F3N. The molecule has 1 fully saturated rings. The van der Waals surface area contributed by atoms with E-state index in [0.29, 0.717) is 23.6 Å². The summed E-state index contributed by atoms with van der Waals surface area (Å²) in [6, 6.07) is 6.00. The maximum absolute atomic E-state index is 12.6. The third-order valence-electron chi connectivity index (χ3n) is 4.19. The first-order valence-electron chi connectivity index (χ1n) is 7.16. The summed E-state index contributed by atoms with van der Waals surface area (Å²) in [5, 5.41) is 3.39. The molecule has 0 aliphatic heterocycles. The van der Waals surface area contributed by atoms with Crippen LogP contribution in [0.15, 0.2) is 24.3 Å². The topological polar surface area (TPSA) is 12.0 Å². The van der Waals surface area contributed by atoms with Crippen molar-refractivity contribution in [2.75, 3.05) is 0 Å². The largest absolute Gasteiger partial charge is 0.416 e. The van der Waals surface area contributed by atoms with Gasteiger partial charge < -0.3 is 5.32 Å². The van der Waals surface area contributed by atoms with Crippen LogP contribution >= 0.6 is 0 Å². The average Bonchev–Trinajstić information content (AvgIpc) is 2.37. The van der Waals surface area contributed by atoms with E-state index in [1.54, 1.807) is 6.07 Å². The summed E-state index contributed by atoms with van der Waals surface area (Å²) in [7, 11) is 0. The van der Waals surface area contributed by atoms with Gasteiger partial charge >= 0.3 is 6.18 Å². The van der Waals surface area contributed by atoms with E-state index in [1.165, 1.54) is 25.0 Å². The van der Waals surface area contributed by atoms with Gasteiger partial charge in [0.15, 0.2) is 0 Å². The lowest BCUT2D eigenvalue weighted by molar-refractivity contribution is -0.137. The van der Waals surface area contributed by atoms with Crippen LogP contribution in [-0.4, -0.2) is 6.04 Å². The number of hydrogen-bond donors (Lipinski definition) is 1. The molecule has 0 atom stereocenters. The monoisotopic (exact) mass is 285 g/mol. The molecule has 0 aromatic heterocycles. The van der Waals surface area contributed by atoms with Crippen LogP contribution in [-0.2, 0) is 12.7 Å². The van der Waals surface area contributed by atoms with Crippen molar-refractivity contribution in [2.45, 2.75) is 58.3 Å². The molecule has 4 heteroatoms. The Bertz CT molecular complexity index is 441. The molecule has 1 aromatic rings. The van der Waals surface area contributed by atoms with Gasteiger partial charge in [-0.25, -0.2) is 0 Å². The molecule has 0 bridgehead atoms. The van der Waals surface area contributed by atoms with E-state index in [1.807, 2.05) is 0 Å². The molecule has 1 nitrogen and oxygen atoms in total. The second kappa shape index (κ2) is 5.76. The van der Waals surface area contributed by atoms with Gasteiger partial charge in [-0.05, 0) is 42.7 Å². The minimum absolute atomic E-state index is 0.411. The van der Waals surface area contributed by atoms with Crippen molar-refractivity contribution in [2.24, 2.45) is 5.41 Å². The predicted octanol–water partition coefficient (Wildman–Crippen LogP) is 4.76. The van der Waals surface area contributed by atoms with Crippen molar-refractivity contribution < 1.29 is 13.2 Å². The van der Waals surface area contributed by atoms with Gasteiger partial charge in [0.05, 0.1) is 5.56 Å². The first-order chi connectivity index (χ1) is 9.26. The lowest BCUT2D eigenvalue weighted by atomic mass is 9.75. The molecule has 1 aliphatic rings. The molecule has 0 unspecified atom stereocenters. The van der Waals surface area contributed by atoms with Gasteiger partial charge in [0.25, 0.3) is 0 Å². The van der Waals surface area contributed by atoms with E-state index >= 15 is 0 Å². The van der Waals surface area contributed by atoms with E-state index in [2.05, 4.69) is 19.2 Å². The van der Waals surface area contributed by atoms with Gasteiger partial charge in [-0.3, -0.25) is 0 Å². The second-order valence-electron chi connectivity index (χ2n) is 6.52. The first kappa shape index (κ1) is 15.4. The molecule has 0 radical (unpaired) electrons. The van der Waals surface area contributed by atoms with E-state index in [4.69, 9.17) is 0 Å².